The Bertz CT molecular complexity index is 472. The average molecular weight is 272 g/mol. The Kier molecular flexibility index (Phi) is 5.74. The molecule has 6 heteroatoms. The Balaban J connectivity index is 2.59. The first kappa shape index (κ1) is 15.1. The van der Waals surface area contributed by atoms with Crippen molar-refractivity contribution in [2.45, 2.75) is 12.4 Å². The van der Waals surface area contributed by atoms with E-state index < -0.39 is 10.0 Å². The van der Waals surface area contributed by atoms with Gasteiger partial charge < -0.3 is 10.0 Å². The summed E-state index contributed by atoms with van der Waals surface area (Å²) in [6, 6.07) is 6.95. The summed E-state index contributed by atoms with van der Waals surface area (Å²) in [5, 5.41) is 8.99. The van der Waals surface area contributed by atoms with Gasteiger partial charge in [0.1, 0.15) is 0 Å². The van der Waals surface area contributed by atoms with Gasteiger partial charge in [0.05, 0.1) is 12.4 Å². The molecule has 1 aromatic rings. The van der Waals surface area contributed by atoms with Crippen LogP contribution >= 0.6 is 0 Å². The van der Waals surface area contributed by atoms with Gasteiger partial charge in [-0.25, -0.2) is 13.1 Å². The number of aliphatic hydroxyl groups is 1. The van der Waals surface area contributed by atoms with Gasteiger partial charge in [-0.1, -0.05) is 24.3 Å². The van der Waals surface area contributed by atoms with Gasteiger partial charge in [0.15, 0.2) is 0 Å². The average Bonchev–Trinajstić information content (AvgIpc) is 2.27. The fraction of sp³-hybridized carbons (Fsp3) is 0.500. The summed E-state index contributed by atoms with van der Waals surface area (Å²) >= 11 is 0. The highest BCUT2D eigenvalue weighted by Crippen LogP contribution is 2.08. The molecule has 2 N–H and O–H groups in total. The summed E-state index contributed by atoms with van der Waals surface area (Å²) in [7, 11) is 0.462. The number of hydrogen-bond donors (Lipinski definition) is 2. The molecule has 0 amide bonds. The van der Waals surface area contributed by atoms with E-state index in [4.69, 9.17) is 5.11 Å². The lowest BCUT2D eigenvalue weighted by atomic mass is 10.1. The van der Waals surface area contributed by atoms with Crippen molar-refractivity contribution >= 4 is 10.0 Å². The van der Waals surface area contributed by atoms with Gasteiger partial charge in [0.2, 0.25) is 10.0 Å². The first-order chi connectivity index (χ1) is 8.43. The molecule has 0 aliphatic heterocycles. The Morgan fingerprint density at radius 2 is 1.94 bits per heavy atom. The molecule has 102 valence electrons. The summed E-state index contributed by atoms with van der Waals surface area (Å²) in [6.45, 7) is 0.979. The van der Waals surface area contributed by atoms with E-state index in [1.165, 1.54) is 0 Å². The minimum absolute atomic E-state index is 0.0612. The Hall–Kier alpha value is -0.950. The number of hydrogen-bond acceptors (Lipinski definition) is 4. The molecule has 0 aliphatic rings. The van der Waals surface area contributed by atoms with E-state index in [1.54, 1.807) is 24.3 Å². The summed E-state index contributed by atoms with van der Waals surface area (Å²) < 4.78 is 26.1. The zero-order chi connectivity index (χ0) is 13.6. The summed E-state index contributed by atoms with van der Waals surface area (Å²) in [5.41, 5.74) is 1.40. The van der Waals surface area contributed by atoms with Crippen molar-refractivity contribution in [2.75, 3.05) is 27.2 Å². The topological polar surface area (TPSA) is 69.6 Å². The van der Waals surface area contributed by atoms with Crippen LogP contribution in [0.25, 0.3) is 0 Å². The maximum Gasteiger partial charge on any atom is 0.215 e. The standard InChI is InChI=1S/C12H20N2O3S/c1-14(2)7-6-13-18(16,17)10-12-5-3-4-11(8-12)9-15/h3-5,8,13,15H,6-7,9-10H2,1-2H3. The third kappa shape index (κ3) is 5.59. The molecule has 18 heavy (non-hydrogen) atoms. The minimum Gasteiger partial charge on any atom is -0.392 e. The predicted molar refractivity (Wildman–Crippen MR) is 71.5 cm³/mol. The third-order valence-electron chi connectivity index (χ3n) is 2.41. The van der Waals surface area contributed by atoms with E-state index in [2.05, 4.69) is 4.72 Å². The molecular weight excluding hydrogens is 252 g/mol. The predicted octanol–water partition coefficient (Wildman–Crippen LogP) is 0.160. The van der Waals surface area contributed by atoms with Crippen LogP contribution in [0.4, 0.5) is 0 Å². The van der Waals surface area contributed by atoms with Crippen molar-refractivity contribution in [1.82, 2.24) is 9.62 Å². The SMILES string of the molecule is CN(C)CCNS(=O)(=O)Cc1cccc(CO)c1. The summed E-state index contributed by atoms with van der Waals surface area (Å²) in [6.07, 6.45) is 0. The van der Waals surface area contributed by atoms with Crippen LogP contribution in [0.15, 0.2) is 24.3 Å². The molecule has 0 bridgehead atoms. The van der Waals surface area contributed by atoms with Crippen molar-refractivity contribution in [2.24, 2.45) is 0 Å². The van der Waals surface area contributed by atoms with Gasteiger partial charge in [-0.15, -0.1) is 0 Å². The number of likely N-dealkylation sites (N-methyl/N-ethyl adjacent to an activating group) is 1. The monoisotopic (exact) mass is 272 g/mol. The van der Waals surface area contributed by atoms with Crippen LogP contribution in [0.3, 0.4) is 0 Å². The molecule has 1 aromatic carbocycles. The molecule has 0 spiro atoms. The van der Waals surface area contributed by atoms with Gasteiger partial charge in [-0.05, 0) is 25.2 Å². The molecule has 0 saturated heterocycles. The smallest absolute Gasteiger partial charge is 0.215 e. The van der Waals surface area contributed by atoms with E-state index in [-0.39, 0.29) is 12.4 Å². The van der Waals surface area contributed by atoms with Crippen molar-refractivity contribution in [3.05, 3.63) is 35.4 Å². The fourth-order valence-electron chi connectivity index (χ4n) is 1.51. The number of nitrogens with one attached hydrogen (secondary N) is 1. The van der Waals surface area contributed by atoms with E-state index in [0.29, 0.717) is 18.7 Å². The highest BCUT2D eigenvalue weighted by molar-refractivity contribution is 7.88. The maximum atomic E-state index is 11.8. The minimum atomic E-state index is -3.31. The van der Waals surface area contributed by atoms with Crippen LogP contribution in [-0.4, -0.2) is 45.6 Å². The largest absolute Gasteiger partial charge is 0.392 e. The molecule has 0 unspecified atom stereocenters. The summed E-state index contributed by atoms with van der Waals surface area (Å²) in [4.78, 5) is 1.91. The second-order valence-electron chi connectivity index (χ2n) is 4.43. The van der Waals surface area contributed by atoms with E-state index >= 15 is 0 Å². The lowest BCUT2D eigenvalue weighted by molar-refractivity contribution is 0.282. The fourth-order valence-corrected chi connectivity index (χ4v) is 2.64. The molecule has 0 radical (unpaired) electrons. The highest BCUT2D eigenvalue weighted by atomic mass is 32.2. The quantitative estimate of drug-likeness (QED) is 0.742. The Labute approximate surface area is 108 Å². The highest BCUT2D eigenvalue weighted by Gasteiger charge is 2.11. The number of sulfonamides is 1. The molecule has 0 atom stereocenters. The number of benzene rings is 1. The molecular formula is C12H20N2O3S. The van der Waals surface area contributed by atoms with Crippen LogP contribution in [0, 0.1) is 0 Å². The lowest BCUT2D eigenvalue weighted by Crippen LogP contribution is -2.32. The van der Waals surface area contributed by atoms with Crippen molar-refractivity contribution in [1.29, 1.82) is 0 Å². The first-order valence-corrected chi connectivity index (χ1v) is 7.39. The van der Waals surface area contributed by atoms with Crippen LogP contribution < -0.4 is 4.72 Å². The molecule has 0 fully saturated rings. The van der Waals surface area contributed by atoms with Gasteiger partial charge in [0, 0.05) is 13.1 Å². The van der Waals surface area contributed by atoms with Crippen molar-refractivity contribution in [3.8, 4) is 0 Å². The van der Waals surface area contributed by atoms with Crippen LogP contribution in [0.5, 0.6) is 0 Å². The zero-order valence-corrected chi connectivity index (χ0v) is 11.6. The molecule has 0 aliphatic carbocycles. The van der Waals surface area contributed by atoms with Crippen LogP contribution in [0.1, 0.15) is 11.1 Å². The molecule has 1 rings (SSSR count). The normalized spacial score (nSPS) is 12.0. The number of aliphatic hydroxyl groups excluding tert-OH is 1. The van der Waals surface area contributed by atoms with Gasteiger partial charge >= 0.3 is 0 Å². The molecule has 5 nitrogen and oxygen atoms in total. The van der Waals surface area contributed by atoms with E-state index in [9.17, 15) is 8.42 Å². The van der Waals surface area contributed by atoms with Gasteiger partial charge in [0.25, 0.3) is 0 Å². The Morgan fingerprint density at radius 1 is 1.28 bits per heavy atom. The lowest BCUT2D eigenvalue weighted by Gasteiger charge is -2.11. The molecule has 0 saturated carbocycles. The maximum absolute atomic E-state index is 11.8. The number of nitrogens with zero attached hydrogens (tertiary/aromatic N) is 1. The van der Waals surface area contributed by atoms with E-state index in [0.717, 1.165) is 5.56 Å². The molecule has 0 heterocycles. The summed E-state index contributed by atoms with van der Waals surface area (Å²) in [5.74, 6) is -0.0612. The zero-order valence-electron chi connectivity index (χ0n) is 10.8. The van der Waals surface area contributed by atoms with Crippen molar-refractivity contribution in [3.63, 3.8) is 0 Å². The third-order valence-corrected chi connectivity index (χ3v) is 3.77. The molecule has 0 aromatic heterocycles. The van der Waals surface area contributed by atoms with Crippen LogP contribution in [0.2, 0.25) is 0 Å². The second kappa shape index (κ2) is 6.84. The number of rotatable bonds is 7. The van der Waals surface area contributed by atoms with E-state index in [1.807, 2.05) is 19.0 Å². The second-order valence-corrected chi connectivity index (χ2v) is 6.24. The van der Waals surface area contributed by atoms with Gasteiger partial charge in [-0.3, -0.25) is 0 Å². The van der Waals surface area contributed by atoms with Crippen LogP contribution in [-0.2, 0) is 22.4 Å². The van der Waals surface area contributed by atoms with Crippen molar-refractivity contribution < 1.29 is 13.5 Å². The Morgan fingerprint density at radius 3 is 2.56 bits per heavy atom. The van der Waals surface area contributed by atoms with Gasteiger partial charge in [-0.2, -0.15) is 0 Å². The first-order valence-electron chi connectivity index (χ1n) is 5.74.